The zero-order chi connectivity index (χ0) is 31.7. The smallest absolute Gasteiger partial charge is 0.294 e. The van der Waals surface area contributed by atoms with Gasteiger partial charge in [0.15, 0.2) is 24.0 Å². The zero-order valence-corrected chi connectivity index (χ0v) is 24.1. The molecule has 0 aromatic carbocycles. The Balaban J connectivity index is 1.49. The molecule has 4 rings (SSSR count). The third kappa shape index (κ3) is 7.77. The lowest BCUT2D eigenvalue weighted by molar-refractivity contribution is -0.314. The monoisotopic (exact) mass is 625 g/mol. The average molecular weight is 626 g/mol. The minimum atomic E-state index is -2.96. The number of rotatable bonds is 9. The molecule has 13 N–H and O–H groups in total. The number of carbonyl (C=O) groups excluding carboxylic acids is 1. The van der Waals surface area contributed by atoms with Crippen LogP contribution in [0.5, 0.6) is 0 Å². The lowest BCUT2D eigenvalue weighted by Crippen LogP contribution is -2.69. The van der Waals surface area contributed by atoms with Gasteiger partial charge in [-0.15, -0.1) is 0 Å². The Hall–Kier alpha value is -1.68. The van der Waals surface area contributed by atoms with E-state index in [4.69, 9.17) is 35.8 Å². The van der Waals surface area contributed by atoms with Crippen LogP contribution in [0.15, 0.2) is 0 Å². The van der Waals surface area contributed by atoms with Crippen molar-refractivity contribution < 1.29 is 52.9 Å². The van der Waals surface area contributed by atoms with Crippen molar-refractivity contribution in [3.05, 3.63) is 0 Å². The van der Waals surface area contributed by atoms with Gasteiger partial charge in [0.05, 0.1) is 30.4 Å². The number of nitrogens with two attached hydrogens (primary N) is 2. The van der Waals surface area contributed by atoms with E-state index in [1.807, 2.05) is 0 Å². The quantitative estimate of drug-likeness (QED) is 0.0861. The fourth-order valence-electron chi connectivity index (χ4n) is 5.65. The molecule has 4 fully saturated rings. The number of alkyl halides is 2. The van der Waals surface area contributed by atoms with Crippen molar-refractivity contribution in [1.29, 1.82) is 5.41 Å². The molecule has 0 aromatic rings. The summed E-state index contributed by atoms with van der Waals surface area (Å²) in [6, 6.07) is -2.51. The number of aliphatic hydroxyl groups excluding tert-OH is 2. The fraction of sp³-hybridized carbons (Fsp3) is 0.920. The van der Waals surface area contributed by atoms with E-state index in [0.29, 0.717) is 12.8 Å². The van der Waals surface area contributed by atoms with Crippen LogP contribution in [0.2, 0.25) is 0 Å². The van der Waals surface area contributed by atoms with Gasteiger partial charge in [0.25, 0.3) is 12.3 Å². The second-order valence-electron chi connectivity index (χ2n) is 12.2. The molecule has 1 saturated carbocycles. The highest BCUT2D eigenvalue weighted by molar-refractivity contribution is 5.86. The maximum absolute atomic E-state index is 13.0. The van der Waals surface area contributed by atoms with E-state index in [0.717, 1.165) is 0 Å². The molecule has 3 saturated heterocycles. The lowest BCUT2D eigenvalue weighted by Gasteiger charge is -2.49. The maximum Gasteiger partial charge on any atom is 0.294 e. The summed E-state index contributed by atoms with van der Waals surface area (Å²) in [5, 5.41) is 55.9. The molecule has 248 valence electrons. The number of hydrazine groups is 1. The van der Waals surface area contributed by atoms with Crippen molar-refractivity contribution in [2.45, 2.75) is 112 Å². The number of hydrogen-bond donors (Lipinski definition) is 11. The molecule has 18 heteroatoms. The first-order chi connectivity index (χ1) is 20.1. The van der Waals surface area contributed by atoms with Crippen molar-refractivity contribution >= 4 is 11.7 Å². The van der Waals surface area contributed by atoms with E-state index in [2.05, 4.69) is 21.5 Å². The van der Waals surface area contributed by atoms with E-state index in [-0.39, 0.29) is 32.7 Å². The van der Waals surface area contributed by atoms with E-state index in [9.17, 15) is 34.0 Å². The number of nitrogens with one attached hydrogen (secondary N) is 5. The molecule has 6 unspecified atom stereocenters. The number of amides is 1. The lowest BCUT2D eigenvalue weighted by atomic mass is 9.82. The molecule has 1 aliphatic carbocycles. The molecular formula is C25H45F2N7O9. The van der Waals surface area contributed by atoms with Gasteiger partial charge in [-0.25, -0.2) is 8.78 Å². The average Bonchev–Trinajstić information content (AvgIpc) is 3.40. The highest BCUT2D eigenvalue weighted by Gasteiger charge is 2.52. The van der Waals surface area contributed by atoms with Gasteiger partial charge in [-0.1, -0.05) is 6.92 Å². The molecule has 0 aromatic heterocycles. The van der Waals surface area contributed by atoms with Crippen LogP contribution in [0.1, 0.15) is 33.1 Å². The molecule has 0 spiro atoms. The third-order valence-electron chi connectivity index (χ3n) is 8.77. The van der Waals surface area contributed by atoms with E-state index in [1.165, 1.54) is 6.92 Å². The van der Waals surface area contributed by atoms with Gasteiger partial charge in [-0.2, -0.15) is 0 Å². The van der Waals surface area contributed by atoms with E-state index >= 15 is 0 Å². The van der Waals surface area contributed by atoms with Gasteiger partial charge in [-0.3, -0.25) is 21.1 Å². The van der Waals surface area contributed by atoms with Crippen molar-refractivity contribution in [3.63, 3.8) is 0 Å². The summed E-state index contributed by atoms with van der Waals surface area (Å²) in [5.74, 6) is -2.35. The molecule has 43 heavy (non-hydrogen) atoms. The zero-order valence-electron chi connectivity index (χ0n) is 24.1. The first kappa shape index (κ1) is 34.2. The summed E-state index contributed by atoms with van der Waals surface area (Å²) in [6.07, 6.45) is -10.4. The van der Waals surface area contributed by atoms with E-state index in [1.54, 1.807) is 6.92 Å². The molecule has 12 atom stereocenters. The van der Waals surface area contributed by atoms with Crippen molar-refractivity contribution in [2.24, 2.45) is 17.4 Å². The topological polar surface area (TPSA) is 259 Å². The number of β-amino-alcohol motifs (C(OH)–C–C–N with tert-alkyl or cyclic N) is 1. The molecule has 0 radical (unpaired) electrons. The minimum Gasteiger partial charge on any atom is -0.388 e. The molecule has 3 heterocycles. The van der Waals surface area contributed by atoms with Gasteiger partial charge in [0.2, 0.25) is 0 Å². The molecule has 0 bridgehead atoms. The summed E-state index contributed by atoms with van der Waals surface area (Å²) in [7, 11) is 0. The van der Waals surface area contributed by atoms with Crippen LogP contribution < -0.4 is 33.0 Å². The first-order valence-corrected chi connectivity index (χ1v) is 14.4. The van der Waals surface area contributed by atoms with Crippen LogP contribution in [0, 0.1) is 11.3 Å². The van der Waals surface area contributed by atoms with Gasteiger partial charge < -0.3 is 61.5 Å². The minimum absolute atomic E-state index is 0.00362. The Kier molecular flexibility index (Phi) is 10.9. The standard InChI is InChI=1S/C25H45F2N7O9/c1-10-15(35)22(40-9-24(10,2)38)43-18-14(34-23(37)25(39)7-32-33-8-25)5-13(29)17(16(18)36)42-21-12(28)4-3-11(41-21)6-31-20(30)19(26)27/h10-19,21-22,32-33,35-36,38-39H,3-9,28-29H2,1-2H3,(H2,30,31)(H,34,37)/t10-,11+,12?,13+,14-,15?,16?,17?,18?,21-,22-,24?/m1/s1. The third-order valence-corrected chi connectivity index (χ3v) is 8.77. The van der Waals surface area contributed by atoms with Crippen molar-refractivity contribution in [2.75, 3.05) is 26.2 Å². The van der Waals surface area contributed by atoms with Crippen LogP contribution in [0.3, 0.4) is 0 Å². The fourth-order valence-corrected chi connectivity index (χ4v) is 5.65. The summed E-state index contributed by atoms with van der Waals surface area (Å²) in [6.45, 7) is 2.73. The predicted octanol–water partition coefficient (Wildman–Crippen LogP) is -4.06. The van der Waals surface area contributed by atoms with Crippen LogP contribution >= 0.6 is 0 Å². The van der Waals surface area contributed by atoms with Crippen LogP contribution in [-0.2, 0) is 23.7 Å². The number of carbonyl (C=O) groups is 1. The number of halogens is 2. The largest absolute Gasteiger partial charge is 0.388 e. The Morgan fingerprint density at radius 3 is 2.40 bits per heavy atom. The Morgan fingerprint density at radius 1 is 1.09 bits per heavy atom. The normalized spacial score (nSPS) is 43.4. The second kappa shape index (κ2) is 13.8. The van der Waals surface area contributed by atoms with Gasteiger partial charge in [-0.05, 0) is 26.2 Å². The van der Waals surface area contributed by atoms with Crippen molar-refractivity contribution in [3.8, 4) is 0 Å². The molecule has 3 aliphatic heterocycles. The van der Waals surface area contributed by atoms with Crippen LogP contribution in [0.25, 0.3) is 0 Å². The van der Waals surface area contributed by atoms with Crippen LogP contribution in [0.4, 0.5) is 8.78 Å². The number of aliphatic hydroxyl groups is 4. The summed E-state index contributed by atoms with van der Waals surface area (Å²) in [4.78, 5) is 13.0. The van der Waals surface area contributed by atoms with Gasteiger partial charge >= 0.3 is 0 Å². The number of amidine groups is 1. The number of hydrogen-bond acceptors (Lipinski definition) is 14. The first-order valence-electron chi connectivity index (χ1n) is 14.4. The number of ether oxygens (including phenoxy) is 4. The highest BCUT2D eigenvalue weighted by Crippen LogP contribution is 2.34. The highest BCUT2D eigenvalue weighted by atomic mass is 19.3. The van der Waals surface area contributed by atoms with Crippen LogP contribution in [-0.4, -0.2) is 137 Å². The predicted molar refractivity (Wildman–Crippen MR) is 144 cm³/mol. The molecule has 16 nitrogen and oxygen atoms in total. The van der Waals surface area contributed by atoms with Gasteiger partial charge in [0, 0.05) is 31.6 Å². The Bertz CT molecular complexity index is 979. The second-order valence-corrected chi connectivity index (χ2v) is 12.2. The van der Waals surface area contributed by atoms with Gasteiger partial charge in [0.1, 0.15) is 24.4 Å². The summed E-state index contributed by atoms with van der Waals surface area (Å²) in [5.41, 5.74) is 14.9. The SMILES string of the molecule is C[C@@H]1C(O)[C@@H](OC2C(O)C(O[C@H]3O[C@H](CNC(=N)C(F)F)CCC3N)[C@@H](N)C[C@H]2NC(=O)C2(O)CNNC2)OCC1(C)O. The molecule has 4 aliphatic rings. The Morgan fingerprint density at radius 2 is 1.74 bits per heavy atom. The summed E-state index contributed by atoms with van der Waals surface area (Å²) >= 11 is 0. The maximum atomic E-state index is 13.0. The molecule has 1 amide bonds. The summed E-state index contributed by atoms with van der Waals surface area (Å²) < 4.78 is 49.0. The Labute approximate surface area is 247 Å². The van der Waals surface area contributed by atoms with Crippen molar-refractivity contribution in [1.82, 2.24) is 21.5 Å². The molecular weight excluding hydrogens is 580 g/mol. The van der Waals surface area contributed by atoms with E-state index < -0.39 is 96.5 Å².